The molecule has 1 heterocycles. The molecule has 2 heteroatoms. The van der Waals surface area contributed by atoms with E-state index in [1.165, 1.54) is 5.56 Å². The van der Waals surface area contributed by atoms with E-state index in [-0.39, 0.29) is 5.60 Å². The maximum Gasteiger partial charge on any atom is 0.129 e. The topological polar surface area (TPSA) is 18.5 Å². The number of allylic oxidation sites excluding steroid dienone is 2. The Hall–Kier alpha value is -1.28. The number of rotatable bonds is 4. The highest BCUT2D eigenvalue weighted by molar-refractivity contribution is 5.13. The van der Waals surface area contributed by atoms with Crippen LogP contribution in [0.15, 0.2) is 42.2 Å². The first-order valence-corrected chi connectivity index (χ1v) is 6.15. The van der Waals surface area contributed by atoms with Gasteiger partial charge in [-0.3, -0.25) is 0 Å². The molecular formula is C15H20O2. The lowest BCUT2D eigenvalue weighted by molar-refractivity contribution is -0.0705. The molecule has 0 fully saturated rings. The Bertz CT molecular complexity index is 383. The van der Waals surface area contributed by atoms with Crippen molar-refractivity contribution in [3.05, 3.63) is 47.7 Å². The zero-order chi connectivity index (χ0) is 12.1. The van der Waals surface area contributed by atoms with Crippen molar-refractivity contribution in [2.45, 2.75) is 38.9 Å². The summed E-state index contributed by atoms with van der Waals surface area (Å²) in [7, 11) is 0. The van der Waals surface area contributed by atoms with Gasteiger partial charge in [0.1, 0.15) is 5.60 Å². The fourth-order valence-electron chi connectivity index (χ4n) is 2.12. The van der Waals surface area contributed by atoms with Crippen LogP contribution in [0.1, 0.15) is 32.3 Å². The second kappa shape index (κ2) is 5.37. The summed E-state index contributed by atoms with van der Waals surface area (Å²) in [6.07, 6.45) is 4.25. The highest BCUT2D eigenvalue weighted by atomic mass is 16.5. The summed E-state index contributed by atoms with van der Waals surface area (Å²) in [5.41, 5.74) is 1.05. The summed E-state index contributed by atoms with van der Waals surface area (Å²) in [4.78, 5) is 0. The molecule has 0 aliphatic carbocycles. The van der Waals surface area contributed by atoms with Gasteiger partial charge in [0.2, 0.25) is 0 Å². The molecule has 0 bridgehead atoms. The third-order valence-corrected chi connectivity index (χ3v) is 3.03. The minimum absolute atomic E-state index is 0.159. The molecule has 1 aliphatic heterocycles. The van der Waals surface area contributed by atoms with Crippen LogP contribution in [0.25, 0.3) is 0 Å². The van der Waals surface area contributed by atoms with Gasteiger partial charge in [-0.25, -0.2) is 0 Å². The molecule has 1 unspecified atom stereocenters. The Morgan fingerprint density at radius 1 is 1.29 bits per heavy atom. The maximum absolute atomic E-state index is 5.85. The standard InChI is InChI=1S/C15H20O2/c1-13-7-6-10-15(2,17-13)12-16-11-14-8-4-3-5-9-14/h3-5,7-9H,6,10-12H2,1-2H3. The van der Waals surface area contributed by atoms with E-state index in [9.17, 15) is 0 Å². The SMILES string of the molecule is CC1=CCCC(C)(COCc2ccccc2)O1. The van der Waals surface area contributed by atoms with Crippen molar-refractivity contribution in [3.63, 3.8) is 0 Å². The zero-order valence-corrected chi connectivity index (χ0v) is 10.6. The Morgan fingerprint density at radius 3 is 2.76 bits per heavy atom. The highest BCUT2D eigenvalue weighted by Crippen LogP contribution is 2.27. The molecule has 1 aromatic rings. The quantitative estimate of drug-likeness (QED) is 0.788. The molecule has 0 saturated heterocycles. The molecule has 1 atom stereocenters. The molecule has 0 N–H and O–H groups in total. The van der Waals surface area contributed by atoms with Crippen LogP contribution < -0.4 is 0 Å². The van der Waals surface area contributed by atoms with E-state index in [0.29, 0.717) is 13.2 Å². The lowest BCUT2D eigenvalue weighted by Crippen LogP contribution is -2.35. The van der Waals surface area contributed by atoms with E-state index in [1.54, 1.807) is 0 Å². The van der Waals surface area contributed by atoms with Gasteiger partial charge >= 0.3 is 0 Å². The van der Waals surface area contributed by atoms with Gasteiger partial charge in [-0.2, -0.15) is 0 Å². The molecule has 0 aromatic heterocycles. The molecule has 0 radical (unpaired) electrons. The second-order valence-electron chi connectivity index (χ2n) is 4.88. The minimum Gasteiger partial charge on any atom is -0.490 e. The van der Waals surface area contributed by atoms with Crippen LogP contribution in [-0.4, -0.2) is 12.2 Å². The number of ether oxygens (including phenoxy) is 2. The molecule has 0 saturated carbocycles. The van der Waals surface area contributed by atoms with E-state index in [4.69, 9.17) is 9.47 Å². The van der Waals surface area contributed by atoms with E-state index in [2.05, 4.69) is 25.1 Å². The van der Waals surface area contributed by atoms with Gasteiger partial charge in [-0.05, 0) is 38.3 Å². The molecule has 2 nitrogen and oxygen atoms in total. The minimum atomic E-state index is -0.159. The summed E-state index contributed by atoms with van der Waals surface area (Å²) in [6.45, 7) is 5.43. The number of benzene rings is 1. The van der Waals surface area contributed by atoms with E-state index in [0.717, 1.165) is 18.6 Å². The van der Waals surface area contributed by atoms with Gasteiger partial charge in [0.25, 0.3) is 0 Å². The molecule has 0 spiro atoms. The maximum atomic E-state index is 5.85. The van der Waals surface area contributed by atoms with Crippen LogP contribution in [-0.2, 0) is 16.1 Å². The number of hydrogen-bond donors (Lipinski definition) is 0. The van der Waals surface area contributed by atoms with E-state index >= 15 is 0 Å². The van der Waals surface area contributed by atoms with E-state index < -0.39 is 0 Å². The fraction of sp³-hybridized carbons (Fsp3) is 0.467. The Kier molecular flexibility index (Phi) is 3.85. The van der Waals surface area contributed by atoms with Gasteiger partial charge in [-0.1, -0.05) is 30.3 Å². The van der Waals surface area contributed by atoms with Crippen molar-refractivity contribution >= 4 is 0 Å². The average Bonchev–Trinajstić information content (AvgIpc) is 2.30. The van der Waals surface area contributed by atoms with Crippen molar-refractivity contribution in [2.75, 3.05) is 6.61 Å². The lowest BCUT2D eigenvalue weighted by Gasteiger charge is -2.33. The largest absolute Gasteiger partial charge is 0.490 e. The van der Waals surface area contributed by atoms with Crippen LogP contribution in [0.4, 0.5) is 0 Å². The average molecular weight is 232 g/mol. The molecular weight excluding hydrogens is 212 g/mol. The van der Waals surface area contributed by atoms with Crippen LogP contribution in [0.3, 0.4) is 0 Å². The summed E-state index contributed by atoms with van der Waals surface area (Å²) in [6, 6.07) is 10.2. The van der Waals surface area contributed by atoms with Crippen LogP contribution in [0.2, 0.25) is 0 Å². The van der Waals surface area contributed by atoms with Crippen LogP contribution >= 0.6 is 0 Å². The first-order valence-electron chi connectivity index (χ1n) is 6.15. The Morgan fingerprint density at radius 2 is 2.06 bits per heavy atom. The van der Waals surface area contributed by atoms with Crippen LogP contribution in [0, 0.1) is 0 Å². The molecule has 2 rings (SSSR count). The third kappa shape index (κ3) is 3.60. The predicted octanol–water partition coefficient (Wildman–Crippen LogP) is 3.68. The summed E-state index contributed by atoms with van der Waals surface area (Å²) in [5.74, 6) is 1.02. The first-order chi connectivity index (χ1) is 8.18. The summed E-state index contributed by atoms with van der Waals surface area (Å²) in [5, 5.41) is 0. The Labute approximate surface area is 103 Å². The second-order valence-corrected chi connectivity index (χ2v) is 4.88. The van der Waals surface area contributed by atoms with Crippen molar-refractivity contribution in [1.29, 1.82) is 0 Å². The van der Waals surface area contributed by atoms with Gasteiger partial charge in [0.05, 0.1) is 19.0 Å². The van der Waals surface area contributed by atoms with Crippen molar-refractivity contribution in [2.24, 2.45) is 0 Å². The fourth-order valence-corrected chi connectivity index (χ4v) is 2.12. The zero-order valence-electron chi connectivity index (χ0n) is 10.6. The van der Waals surface area contributed by atoms with Gasteiger partial charge < -0.3 is 9.47 Å². The van der Waals surface area contributed by atoms with Gasteiger partial charge in [0, 0.05) is 0 Å². The monoisotopic (exact) mass is 232 g/mol. The van der Waals surface area contributed by atoms with Crippen molar-refractivity contribution in [1.82, 2.24) is 0 Å². The molecule has 1 aliphatic rings. The van der Waals surface area contributed by atoms with Crippen LogP contribution in [0.5, 0.6) is 0 Å². The lowest BCUT2D eigenvalue weighted by atomic mass is 9.98. The van der Waals surface area contributed by atoms with Crippen molar-refractivity contribution < 1.29 is 9.47 Å². The van der Waals surface area contributed by atoms with Gasteiger partial charge in [0.15, 0.2) is 0 Å². The Balaban J connectivity index is 1.80. The summed E-state index contributed by atoms with van der Waals surface area (Å²) < 4.78 is 11.6. The number of hydrogen-bond acceptors (Lipinski definition) is 2. The van der Waals surface area contributed by atoms with Gasteiger partial charge in [-0.15, -0.1) is 0 Å². The normalized spacial score (nSPS) is 24.0. The third-order valence-electron chi connectivity index (χ3n) is 3.03. The summed E-state index contributed by atoms with van der Waals surface area (Å²) >= 11 is 0. The smallest absolute Gasteiger partial charge is 0.129 e. The van der Waals surface area contributed by atoms with Crippen molar-refractivity contribution in [3.8, 4) is 0 Å². The molecule has 0 amide bonds. The first kappa shape index (κ1) is 12.2. The highest BCUT2D eigenvalue weighted by Gasteiger charge is 2.28. The molecule has 1 aromatic carbocycles. The molecule has 92 valence electrons. The predicted molar refractivity (Wildman–Crippen MR) is 68.6 cm³/mol. The van der Waals surface area contributed by atoms with E-state index in [1.807, 2.05) is 25.1 Å². The molecule has 17 heavy (non-hydrogen) atoms.